The van der Waals surface area contributed by atoms with Crippen molar-refractivity contribution in [3.63, 3.8) is 0 Å². The van der Waals surface area contributed by atoms with Crippen LogP contribution in [-0.4, -0.2) is 50.8 Å². The maximum absolute atomic E-state index is 14.6. The molecule has 10 heteroatoms. The lowest BCUT2D eigenvalue weighted by Crippen LogP contribution is -2.41. The largest absolute Gasteiger partial charge is 0.379 e. The summed E-state index contributed by atoms with van der Waals surface area (Å²) < 4.78 is 47.0. The van der Waals surface area contributed by atoms with E-state index < -0.39 is 26.6 Å². The minimum Gasteiger partial charge on any atom is -0.379 e. The fourth-order valence-electron chi connectivity index (χ4n) is 4.24. The van der Waals surface area contributed by atoms with E-state index in [1.807, 2.05) is 29.2 Å². The standard InChI is InChI=1S/C26H21FN4O4S/c27-23-10-7-19(15-24(23)36(33,34)30-11-13-35-14-12-30)26(32)29-25-22-4-2-1-3-20(22)17-31(25)21-8-5-18(16-28)6-9-21/h1-10,15H,11-14,17H2. The van der Waals surface area contributed by atoms with Crippen LogP contribution in [0, 0.1) is 17.1 Å². The van der Waals surface area contributed by atoms with Crippen molar-refractivity contribution < 1.29 is 22.3 Å². The minimum absolute atomic E-state index is 0.0418. The van der Waals surface area contributed by atoms with E-state index in [2.05, 4.69) is 11.1 Å². The zero-order valence-electron chi connectivity index (χ0n) is 19.1. The van der Waals surface area contributed by atoms with Gasteiger partial charge in [-0.3, -0.25) is 4.79 Å². The number of fused-ring (bicyclic) bond motifs is 1. The first-order valence-corrected chi connectivity index (χ1v) is 12.7. The van der Waals surface area contributed by atoms with E-state index in [0.717, 1.165) is 33.3 Å². The summed E-state index contributed by atoms with van der Waals surface area (Å²) in [5.74, 6) is -1.24. The first-order chi connectivity index (χ1) is 17.4. The van der Waals surface area contributed by atoms with Gasteiger partial charge in [-0.1, -0.05) is 24.3 Å². The summed E-state index contributed by atoms with van der Waals surface area (Å²) >= 11 is 0. The van der Waals surface area contributed by atoms with Crippen LogP contribution in [0.1, 0.15) is 27.0 Å². The van der Waals surface area contributed by atoms with E-state index >= 15 is 0 Å². The quantitative estimate of drug-likeness (QED) is 0.540. The molecule has 0 bridgehead atoms. The van der Waals surface area contributed by atoms with E-state index in [9.17, 15) is 17.6 Å². The predicted molar refractivity (Wildman–Crippen MR) is 131 cm³/mol. The number of amides is 1. The molecule has 2 aliphatic rings. The van der Waals surface area contributed by atoms with Crippen molar-refractivity contribution in [3.05, 3.63) is 94.8 Å². The summed E-state index contributed by atoms with van der Waals surface area (Å²) in [6.45, 7) is 1.13. The fraction of sp³-hybridized carbons (Fsp3) is 0.192. The monoisotopic (exact) mass is 504 g/mol. The Bertz CT molecular complexity index is 1510. The number of rotatable bonds is 4. The van der Waals surface area contributed by atoms with Gasteiger partial charge in [0.15, 0.2) is 0 Å². The van der Waals surface area contributed by atoms with Crippen molar-refractivity contribution >= 4 is 27.5 Å². The van der Waals surface area contributed by atoms with Crippen molar-refractivity contribution in [1.29, 1.82) is 5.26 Å². The molecule has 8 nitrogen and oxygen atoms in total. The van der Waals surface area contributed by atoms with Crippen LogP contribution >= 0.6 is 0 Å². The van der Waals surface area contributed by atoms with E-state index in [1.54, 1.807) is 24.3 Å². The normalized spacial score (nSPS) is 17.1. The highest BCUT2D eigenvalue weighted by atomic mass is 32.2. The number of benzene rings is 3. The summed E-state index contributed by atoms with van der Waals surface area (Å²) in [7, 11) is -4.14. The maximum Gasteiger partial charge on any atom is 0.279 e. The van der Waals surface area contributed by atoms with Crippen LogP contribution in [0.25, 0.3) is 0 Å². The maximum atomic E-state index is 14.6. The molecule has 3 aromatic rings. The van der Waals surface area contributed by atoms with Crippen LogP contribution in [0.3, 0.4) is 0 Å². The average molecular weight is 505 g/mol. The molecule has 5 rings (SSSR count). The Hall–Kier alpha value is -3.91. The van der Waals surface area contributed by atoms with Gasteiger partial charge in [0, 0.05) is 29.9 Å². The van der Waals surface area contributed by atoms with E-state index in [-0.39, 0.29) is 31.9 Å². The fourth-order valence-corrected chi connectivity index (χ4v) is 5.74. The molecule has 1 saturated heterocycles. The van der Waals surface area contributed by atoms with Gasteiger partial charge in [-0.05, 0) is 48.0 Å². The molecule has 1 amide bonds. The van der Waals surface area contributed by atoms with Crippen LogP contribution in [0.2, 0.25) is 0 Å². The number of morpholine rings is 1. The number of sulfonamides is 1. The van der Waals surface area contributed by atoms with Crippen molar-refractivity contribution in [3.8, 4) is 6.07 Å². The van der Waals surface area contributed by atoms with Crippen LogP contribution in [0.4, 0.5) is 10.1 Å². The van der Waals surface area contributed by atoms with Crippen molar-refractivity contribution in [2.75, 3.05) is 31.2 Å². The van der Waals surface area contributed by atoms with Crippen LogP contribution in [0.15, 0.2) is 76.6 Å². The number of aliphatic imine (C=N–C) groups is 1. The Labute approximate surface area is 207 Å². The van der Waals surface area contributed by atoms with E-state index in [4.69, 9.17) is 10.00 Å². The molecule has 0 atom stereocenters. The molecule has 182 valence electrons. The van der Waals surface area contributed by atoms with Gasteiger partial charge in [0.1, 0.15) is 16.5 Å². The Kier molecular flexibility index (Phi) is 6.36. The molecule has 3 aromatic carbocycles. The highest BCUT2D eigenvalue weighted by molar-refractivity contribution is 7.89. The number of hydrogen-bond acceptors (Lipinski definition) is 5. The second kappa shape index (κ2) is 9.62. The molecule has 0 radical (unpaired) electrons. The third kappa shape index (κ3) is 4.40. The van der Waals surface area contributed by atoms with Gasteiger partial charge >= 0.3 is 0 Å². The second-order valence-corrected chi connectivity index (χ2v) is 10.2. The highest BCUT2D eigenvalue weighted by Gasteiger charge is 2.31. The molecular weight excluding hydrogens is 483 g/mol. The lowest BCUT2D eigenvalue weighted by Gasteiger charge is -2.26. The van der Waals surface area contributed by atoms with Gasteiger partial charge in [0.05, 0.1) is 31.4 Å². The summed E-state index contributed by atoms with van der Waals surface area (Å²) in [6, 6.07) is 19.7. The Morgan fingerprint density at radius 2 is 1.75 bits per heavy atom. The highest BCUT2D eigenvalue weighted by Crippen LogP contribution is 2.30. The predicted octanol–water partition coefficient (Wildman–Crippen LogP) is 3.33. The number of carbonyl (C=O) groups excluding carboxylic acids is 1. The van der Waals surface area contributed by atoms with Crippen LogP contribution in [0.5, 0.6) is 0 Å². The van der Waals surface area contributed by atoms with Crippen LogP contribution in [-0.2, 0) is 21.3 Å². The number of halogens is 1. The number of amidine groups is 1. The molecule has 0 saturated carbocycles. The molecule has 0 aromatic heterocycles. The second-order valence-electron chi connectivity index (χ2n) is 8.30. The number of nitriles is 1. The minimum atomic E-state index is -4.14. The summed E-state index contributed by atoms with van der Waals surface area (Å²) in [5, 5.41) is 9.10. The molecule has 1 fully saturated rings. The van der Waals surface area contributed by atoms with E-state index in [0.29, 0.717) is 17.9 Å². The first-order valence-electron chi connectivity index (χ1n) is 11.2. The first kappa shape index (κ1) is 23.8. The van der Waals surface area contributed by atoms with Crippen LogP contribution < -0.4 is 4.90 Å². The number of carbonyl (C=O) groups is 1. The molecule has 2 heterocycles. The Morgan fingerprint density at radius 3 is 2.47 bits per heavy atom. The molecule has 0 N–H and O–H groups in total. The van der Waals surface area contributed by atoms with Crippen molar-refractivity contribution in [2.24, 2.45) is 4.99 Å². The number of hydrogen-bond donors (Lipinski definition) is 0. The lowest BCUT2D eigenvalue weighted by atomic mass is 10.1. The van der Waals surface area contributed by atoms with Gasteiger partial charge < -0.3 is 9.64 Å². The van der Waals surface area contributed by atoms with Gasteiger partial charge in [-0.25, -0.2) is 12.8 Å². The Balaban J connectivity index is 1.52. The zero-order valence-corrected chi connectivity index (χ0v) is 19.9. The molecule has 0 unspecified atom stereocenters. The summed E-state index contributed by atoms with van der Waals surface area (Å²) in [4.78, 5) is 18.9. The number of anilines is 1. The van der Waals surface area contributed by atoms with Gasteiger partial charge in [-0.2, -0.15) is 14.6 Å². The summed E-state index contributed by atoms with van der Waals surface area (Å²) in [5.41, 5.74) is 2.93. The molecule has 0 aliphatic carbocycles. The third-order valence-electron chi connectivity index (χ3n) is 6.12. The average Bonchev–Trinajstić information content (AvgIpc) is 3.27. The van der Waals surface area contributed by atoms with Crippen molar-refractivity contribution in [2.45, 2.75) is 11.4 Å². The molecule has 2 aliphatic heterocycles. The van der Waals surface area contributed by atoms with E-state index in [1.165, 1.54) is 6.07 Å². The van der Waals surface area contributed by atoms with Gasteiger partial charge in [0.25, 0.3) is 5.91 Å². The lowest BCUT2D eigenvalue weighted by molar-refractivity contribution is 0.0729. The molecule has 0 spiro atoms. The van der Waals surface area contributed by atoms with Gasteiger partial charge in [-0.15, -0.1) is 0 Å². The molecular formula is C26H21FN4O4S. The number of nitrogens with zero attached hydrogens (tertiary/aromatic N) is 4. The SMILES string of the molecule is N#Cc1ccc(N2Cc3ccccc3C2=NC(=O)c2ccc(F)c(S(=O)(=O)N3CCOCC3)c2)cc1. The smallest absolute Gasteiger partial charge is 0.279 e. The molecule has 36 heavy (non-hydrogen) atoms. The zero-order chi connectivity index (χ0) is 25.3. The third-order valence-corrected chi connectivity index (χ3v) is 8.04. The van der Waals surface area contributed by atoms with Gasteiger partial charge in [0.2, 0.25) is 10.0 Å². The Morgan fingerprint density at radius 1 is 1.03 bits per heavy atom. The number of ether oxygens (including phenoxy) is 1. The summed E-state index contributed by atoms with van der Waals surface area (Å²) in [6.07, 6.45) is 0. The van der Waals surface area contributed by atoms with Crippen molar-refractivity contribution in [1.82, 2.24) is 4.31 Å². The topological polar surface area (TPSA) is 103 Å².